The van der Waals surface area contributed by atoms with Crippen LogP contribution >= 0.6 is 0 Å². The van der Waals surface area contributed by atoms with E-state index < -0.39 is 10.9 Å². The van der Waals surface area contributed by atoms with Gasteiger partial charge < -0.3 is 14.9 Å². The minimum Gasteiger partial charge on any atom is -0.461 e. The Bertz CT molecular complexity index is 632. The first kappa shape index (κ1) is 12.0. The molecule has 0 aliphatic rings. The van der Waals surface area contributed by atoms with Crippen molar-refractivity contribution in [2.45, 2.75) is 13.8 Å². The number of rotatable bonds is 3. The third kappa shape index (κ3) is 1.90. The van der Waals surface area contributed by atoms with Gasteiger partial charge in [0, 0.05) is 6.07 Å². The number of esters is 1. The lowest BCUT2D eigenvalue weighted by Gasteiger charge is -1.98. The Hall–Kier alpha value is -2.44. The number of carbonyl (C=O) groups is 1. The Morgan fingerprint density at radius 2 is 2.28 bits per heavy atom. The van der Waals surface area contributed by atoms with Gasteiger partial charge in [-0.15, -0.1) is 0 Å². The normalized spacial score (nSPS) is 10.6. The van der Waals surface area contributed by atoms with Gasteiger partial charge in [-0.25, -0.2) is 4.79 Å². The van der Waals surface area contributed by atoms with Gasteiger partial charge in [0.15, 0.2) is 0 Å². The minimum absolute atomic E-state index is 0.142. The van der Waals surface area contributed by atoms with Crippen molar-refractivity contribution >= 4 is 17.4 Å². The van der Waals surface area contributed by atoms with Crippen molar-refractivity contribution in [3.63, 3.8) is 0 Å². The van der Waals surface area contributed by atoms with Crippen LogP contribution in [0, 0.1) is 17.0 Å². The number of carbonyl (C=O) groups excluding carboxylic acids is 1. The summed E-state index contributed by atoms with van der Waals surface area (Å²) in [6.45, 7) is 3.57. The molecule has 2 rings (SSSR count). The number of nitro groups is 1. The summed E-state index contributed by atoms with van der Waals surface area (Å²) in [6, 6.07) is 3.38. The molecule has 0 fully saturated rings. The molecule has 0 radical (unpaired) electrons. The fourth-order valence-electron chi connectivity index (χ4n) is 1.65. The quantitative estimate of drug-likeness (QED) is 0.469. The number of hydrogen-bond donors (Lipinski definition) is 0. The smallest absolute Gasteiger partial charge is 0.365 e. The number of aryl methyl sites for hydroxylation is 1. The van der Waals surface area contributed by atoms with E-state index in [0.29, 0.717) is 5.65 Å². The molecule has 2 aromatic heterocycles. The second-order valence-electron chi connectivity index (χ2n) is 3.70. The summed E-state index contributed by atoms with van der Waals surface area (Å²) in [5.74, 6) is -1.15. The maximum absolute atomic E-state index is 11.6. The van der Waals surface area contributed by atoms with Gasteiger partial charge in [0.2, 0.25) is 11.3 Å². The van der Waals surface area contributed by atoms with Gasteiger partial charge in [-0.3, -0.25) is 0 Å². The van der Waals surface area contributed by atoms with Crippen LogP contribution in [0.4, 0.5) is 5.82 Å². The van der Waals surface area contributed by atoms with Crippen molar-refractivity contribution in [2.24, 2.45) is 0 Å². The van der Waals surface area contributed by atoms with Crippen LogP contribution in [0.1, 0.15) is 23.0 Å². The molecule has 0 aliphatic heterocycles. The van der Waals surface area contributed by atoms with Crippen molar-refractivity contribution in [1.82, 2.24) is 9.38 Å². The second kappa shape index (κ2) is 4.44. The zero-order valence-electron chi connectivity index (χ0n) is 9.91. The van der Waals surface area contributed by atoms with Crippen LogP contribution in [-0.2, 0) is 4.74 Å². The average Bonchev–Trinajstić information content (AvgIpc) is 2.67. The summed E-state index contributed by atoms with van der Waals surface area (Å²) < 4.78 is 6.04. The molecular formula is C11H11N3O4. The molecule has 0 aromatic carbocycles. The third-order valence-corrected chi connectivity index (χ3v) is 2.38. The summed E-state index contributed by atoms with van der Waals surface area (Å²) >= 11 is 0. The van der Waals surface area contributed by atoms with Gasteiger partial charge in [-0.1, -0.05) is 0 Å². The fourth-order valence-corrected chi connectivity index (χ4v) is 1.65. The van der Waals surface area contributed by atoms with E-state index in [9.17, 15) is 14.9 Å². The number of fused-ring (bicyclic) bond motifs is 1. The van der Waals surface area contributed by atoms with Crippen LogP contribution in [-0.4, -0.2) is 26.9 Å². The van der Waals surface area contributed by atoms with Crippen LogP contribution in [0.25, 0.3) is 5.65 Å². The number of nitrogens with zero attached hydrogens (tertiary/aromatic N) is 3. The molecule has 0 amide bonds. The number of ether oxygens (including phenoxy) is 1. The number of imidazole rings is 1. The van der Waals surface area contributed by atoms with Crippen molar-refractivity contribution in [2.75, 3.05) is 6.61 Å². The first-order valence-corrected chi connectivity index (χ1v) is 5.34. The van der Waals surface area contributed by atoms with E-state index in [0.717, 1.165) is 5.56 Å². The van der Waals surface area contributed by atoms with Gasteiger partial charge in [-0.2, -0.15) is 9.38 Å². The van der Waals surface area contributed by atoms with E-state index in [2.05, 4.69) is 4.98 Å². The maximum Gasteiger partial charge on any atom is 0.365 e. The number of hydrogen-bond acceptors (Lipinski definition) is 5. The largest absolute Gasteiger partial charge is 0.461 e. The molecule has 7 nitrogen and oxygen atoms in total. The molecule has 2 heterocycles. The van der Waals surface area contributed by atoms with Gasteiger partial charge in [0.05, 0.1) is 6.61 Å². The lowest BCUT2D eigenvalue weighted by Crippen LogP contribution is -2.08. The van der Waals surface area contributed by atoms with Crippen molar-refractivity contribution in [1.29, 1.82) is 0 Å². The monoisotopic (exact) mass is 249 g/mol. The number of pyridine rings is 1. The maximum atomic E-state index is 11.6. The molecule has 0 saturated carbocycles. The fraction of sp³-hybridized carbons (Fsp3) is 0.273. The summed E-state index contributed by atoms with van der Waals surface area (Å²) in [5.41, 5.74) is 0.904. The average molecular weight is 249 g/mol. The van der Waals surface area contributed by atoms with E-state index in [1.165, 1.54) is 4.40 Å². The lowest BCUT2D eigenvalue weighted by molar-refractivity contribution is -0.390. The zero-order chi connectivity index (χ0) is 13.3. The van der Waals surface area contributed by atoms with E-state index in [1.807, 2.05) is 0 Å². The first-order valence-electron chi connectivity index (χ1n) is 5.34. The molecule has 0 N–H and O–H groups in total. The minimum atomic E-state index is -0.787. The second-order valence-corrected chi connectivity index (χ2v) is 3.70. The van der Waals surface area contributed by atoms with Crippen LogP contribution < -0.4 is 0 Å². The molecule has 18 heavy (non-hydrogen) atoms. The van der Waals surface area contributed by atoms with Crippen LogP contribution in [0.15, 0.2) is 18.3 Å². The topological polar surface area (TPSA) is 86.7 Å². The summed E-state index contributed by atoms with van der Waals surface area (Å²) in [6.07, 6.45) is 1.56. The highest BCUT2D eigenvalue weighted by Gasteiger charge is 2.28. The molecule has 0 saturated heterocycles. The summed E-state index contributed by atoms with van der Waals surface area (Å²) in [4.78, 5) is 26.0. The van der Waals surface area contributed by atoms with Crippen molar-refractivity contribution in [3.8, 4) is 0 Å². The molecule has 0 bridgehead atoms. The lowest BCUT2D eigenvalue weighted by atomic mass is 10.3. The predicted octanol–water partition coefficient (Wildman–Crippen LogP) is 1.73. The summed E-state index contributed by atoms with van der Waals surface area (Å²) in [7, 11) is 0. The Morgan fingerprint density at radius 3 is 2.89 bits per heavy atom. The predicted molar refractivity (Wildman–Crippen MR) is 62.5 cm³/mol. The van der Waals surface area contributed by atoms with E-state index in [4.69, 9.17) is 4.74 Å². The SMILES string of the molecule is CCOC(=O)c1nc2ccc(C)cn2c1[N+](=O)[O-]. The van der Waals surface area contributed by atoms with Crippen LogP contribution in [0.2, 0.25) is 0 Å². The molecule has 2 aromatic rings. The van der Waals surface area contributed by atoms with Gasteiger partial charge in [0.25, 0.3) is 0 Å². The Kier molecular flexibility index (Phi) is 2.97. The van der Waals surface area contributed by atoms with E-state index in [-0.39, 0.29) is 18.1 Å². The molecule has 7 heteroatoms. The Balaban J connectivity index is 2.69. The first-order chi connectivity index (χ1) is 8.54. The highest BCUT2D eigenvalue weighted by atomic mass is 16.6. The summed E-state index contributed by atoms with van der Waals surface area (Å²) in [5, 5.41) is 11.1. The van der Waals surface area contributed by atoms with E-state index >= 15 is 0 Å². The van der Waals surface area contributed by atoms with Crippen molar-refractivity contribution < 1.29 is 14.5 Å². The van der Waals surface area contributed by atoms with Gasteiger partial charge in [-0.05, 0) is 30.4 Å². The van der Waals surface area contributed by atoms with E-state index in [1.54, 1.807) is 32.2 Å². The highest BCUT2D eigenvalue weighted by Crippen LogP contribution is 2.22. The highest BCUT2D eigenvalue weighted by molar-refractivity contribution is 5.92. The van der Waals surface area contributed by atoms with Crippen LogP contribution in [0.5, 0.6) is 0 Å². The van der Waals surface area contributed by atoms with Crippen molar-refractivity contribution in [3.05, 3.63) is 39.7 Å². The third-order valence-electron chi connectivity index (χ3n) is 2.38. The zero-order valence-corrected chi connectivity index (χ0v) is 9.91. The molecule has 0 spiro atoms. The number of aromatic nitrogens is 2. The van der Waals surface area contributed by atoms with Crippen LogP contribution in [0.3, 0.4) is 0 Å². The Labute approximate surface area is 102 Å². The molecule has 0 aliphatic carbocycles. The Morgan fingerprint density at radius 1 is 1.56 bits per heavy atom. The molecular weight excluding hydrogens is 238 g/mol. The molecule has 0 atom stereocenters. The molecule has 0 unspecified atom stereocenters. The van der Waals surface area contributed by atoms with Gasteiger partial charge >= 0.3 is 11.8 Å². The standard InChI is InChI=1S/C11H11N3O4/c1-3-18-11(15)9-10(14(16)17)13-6-7(2)4-5-8(13)12-9/h4-6H,3H2,1-2H3. The molecule has 94 valence electrons. The van der Waals surface area contributed by atoms with Gasteiger partial charge in [0.1, 0.15) is 6.20 Å².